The molecule has 110 valence electrons. The Morgan fingerprint density at radius 3 is 2.70 bits per heavy atom. The first-order chi connectivity index (χ1) is 9.63. The number of benzene rings is 1. The monoisotopic (exact) mass is 274 g/mol. The minimum atomic E-state index is 0.356. The average Bonchev–Trinajstić information content (AvgIpc) is 3.02. The number of ether oxygens (including phenoxy) is 1. The molecule has 1 saturated heterocycles. The summed E-state index contributed by atoms with van der Waals surface area (Å²) in [6, 6.07) is 10.7. The summed E-state index contributed by atoms with van der Waals surface area (Å²) >= 11 is 0. The molecule has 2 aliphatic rings. The molecule has 1 aromatic carbocycles. The van der Waals surface area contributed by atoms with Gasteiger partial charge in [0.15, 0.2) is 0 Å². The van der Waals surface area contributed by atoms with Crippen LogP contribution in [0, 0.1) is 17.3 Å². The zero-order chi connectivity index (χ0) is 14.2. The first-order valence-electron chi connectivity index (χ1n) is 7.71. The van der Waals surface area contributed by atoms with Gasteiger partial charge < -0.3 is 10.5 Å². The van der Waals surface area contributed by atoms with E-state index in [-0.39, 0.29) is 0 Å². The highest BCUT2D eigenvalue weighted by atomic mass is 16.5. The molecule has 0 aromatic heterocycles. The fraction of sp³-hybridized carbons (Fsp3) is 0.647. The lowest BCUT2D eigenvalue weighted by molar-refractivity contribution is -0.0485. The van der Waals surface area contributed by atoms with Gasteiger partial charge >= 0.3 is 0 Å². The van der Waals surface area contributed by atoms with Gasteiger partial charge in [-0.2, -0.15) is 0 Å². The first-order valence-corrected chi connectivity index (χ1v) is 7.71. The predicted octanol–water partition coefficient (Wildman–Crippen LogP) is 2.12. The molecule has 1 heterocycles. The van der Waals surface area contributed by atoms with E-state index in [1.807, 2.05) is 0 Å². The molecule has 0 bridgehead atoms. The molecule has 1 aliphatic heterocycles. The highest BCUT2D eigenvalue weighted by Gasteiger charge is 2.60. The zero-order valence-electron chi connectivity index (χ0n) is 12.6. The molecule has 1 aromatic rings. The molecule has 0 amide bonds. The third kappa shape index (κ3) is 2.62. The molecule has 3 atom stereocenters. The number of morpholine rings is 1. The summed E-state index contributed by atoms with van der Waals surface area (Å²) in [6.07, 6.45) is 0.357. The van der Waals surface area contributed by atoms with Gasteiger partial charge in [0.1, 0.15) is 0 Å². The van der Waals surface area contributed by atoms with Gasteiger partial charge in [-0.3, -0.25) is 4.90 Å². The minimum Gasteiger partial charge on any atom is -0.375 e. The highest BCUT2D eigenvalue weighted by molar-refractivity contribution is 5.15. The van der Waals surface area contributed by atoms with Gasteiger partial charge in [-0.15, -0.1) is 0 Å². The van der Waals surface area contributed by atoms with Crippen molar-refractivity contribution in [1.82, 2.24) is 4.90 Å². The van der Waals surface area contributed by atoms with Crippen LogP contribution in [0.4, 0.5) is 0 Å². The first kappa shape index (κ1) is 14.1. The van der Waals surface area contributed by atoms with E-state index in [0.717, 1.165) is 32.8 Å². The Balaban J connectivity index is 1.60. The molecule has 3 nitrogen and oxygen atoms in total. The van der Waals surface area contributed by atoms with Crippen LogP contribution in [0.2, 0.25) is 0 Å². The van der Waals surface area contributed by atoms with E-state index in [1.54, 1.807) is 0 Å². The van der Waals surface area contributed by atoms with E-state index in [2.05, 4.69) is 49.1 Å². The van der Waals surface area contributed by atoms with Gasteiger partial charge in [-0.1, -0.05) is 44.2 Å². The molecule has 3 heteroatoms. The highest BCUT2D eigenvalue weighted by Crippen LogP contribution is 2.60. The topological polar surface area (TPSA) is 38.5 Å². The maximum atomic E-state index is 6.04. The molecule has 3 unspecified atom stereocenters. The standard InChI is InChI=1S/C17H26N2O/c1-17(2)14(10-18)16(17)15-12-19(8-9-20-15)11-13-6-4-3-5-7-13/h3-7,14-16H,8-12,18H2,1-2H3. The summed E-state index contributed by atoms with van der Waals surface area (Å²) in [4.78, 5) is 2.52. The molecule has 2 fully saturated rings. The van der Waals surface area contributed by atoms with Gasteiger partial charge in [-0.05, 0) is 29.4 Å². The van der Waals surface area contributed by atoms with E-state index in [0.29, 0.717) is 23.4 Å². The van der Waals surface area contributed by atoms with Crippen LogP contribution in [0.1, 0.15) is 19.4 Å². The van der Waals surface area contributed by atoms with Crippen LogP contribution in [-0.4, -0.2) is 37.2 Å². The van der Waals surface area contributed by atoms with Gasteiger partial charge in [0.25, 0.3) is 0 Å². The van der Waals surface area contributed by atoms with Crippen molar-refractivity contribution in [3.05, 3.63) is 35.9 Å². The van der Waals surface area contributed by atoms with Crippen LogP contribution in [0.15, 0.2) is 30.3 Å². The van der Waals surface area contributed by atoms with Crippen LogP contribution in [-0.2, 0) is 11.3 Å². The number of hydrogen-bond acceptors (Lipinski definition) is 3. The van der Waals surface area contributed by atoms with Crippen molar-refractivity contribution in [1.29, 1.82) is 0 Å². The summed E-state index contributed by atoms with van der Waals surface area (Å²) in [5.41, 5.74) is 7.64. The third-order valence-corrected chi connectivity index (χ3v) is 5.22. The number of nitrogens with two attached hydrogens (primary N) is 1. The molecule has 1 saturated carbocycles. The van der Waals surface area contributed by atoms with Crippen molar-refractivity contribution in [3.63, 3.8) is 0 Å². The van der Waals surface area contributed by atoms with E-state index < -0.39 is 0 Å². The second-order valence-electron chi connectivity index (χ2n) is 6.82. The molecular weight excluding hydrogens is 248 g/mol. The van der Waals surface area contributed by atoms with Crippen molar-refractivity contribution in [3.8, 4) is 0 Å². The number of nitrogens with zero attached hydrogens (tertiary/aromatic N) is 1. The maximum Gasteiger partial charge on any atom is 0.0739 e. The number of hydrogen-bond donors (Lipinski definition) is 1. The lowest BCUT2D eigenvalue weighted by Crippen LogP contribution is -2.43. The fourth-order valence-electron chi connectivity index (χ4n) is 3.91. The van der Waals surface area contributed by atoms with Crippen LogP contribution < -0.4 is 5.73 Å². The van der Waals surface area contributed by atoms with Crippen molar-refractivity contribution in [2.75, 3.05) is 26.2 Å². The second kappa shape index (κ2) is 5.47. The lowest BCUT2D eigenvalue weighted by atomic mass is 10.0. The van der Waals surface area contributed by atoms with Gasteiger partial charge in [0.2, 0.25) is 0 Å². The van der Waals surface area contributed by atoms with E-state index in [9.17, 15) is 0 Å². The smallest absolute Gasteiger partial charge is 0.0739 e. The fourth-order valence-corrected chi connectivity index (χ4v) is 3.91. The molecule has 1 aliphatic carbocycles. The van der Waals surface area contributed by atoms with Crippen molar-refractivity contribution >= 4 is 0 Å². The quantitative estimate of drug-likeness (QED) is 0.914. The van der Waals surface area contributed by atoms with Crippen LogP contribution in [0.5, 0.6) is 0 Å². The average molecular weight is 274 g/mol. The molecule has 20 heavy (non-hydrogen) atoms. The molecule has 0 radical (unpaired) electrons. The Kier molecular flexibility index (Phi) is 3.85. The van der Waals surface area contributed by atoms with Crippen molar-refractivity contribution < 1.29 is 4.74 Å². The molecule has 0 spiro atoms. The third-order valence-electron chi connectivity index (χ3n) is 5.22. The number of rotatable bonds is 4. The zero-order valence-corrected chi connectivity index (χ0v) is 12.6. The maximum absolute atomic E-state index is 6.04. The Morgan fingerprint density at radius 2 is 2.05 bits per heavy atom. The van der Waals surface area contributed by atoms with E-state index in [1.165, 1.54) is 5.56 Å². The summed E-state index contributed by atoms with van der Waals surface area (Å²) in [7, 11) is 0. The van der Waals surface area contributed by atoms with Crippen molar-refractivity contribution in [2.45, 2.75) is 26.5 Å². The SMILES string of the molecule is CC1(C)C(CN)C1C1CN(Cc2ccccc2)CCO1. The summed E-state index contributed by atoms with van der Waals surface area (Å²) < 4.78 is 6.04. The van der Waals surface area contributed by atoms with Crippen LogP contribution in [0.25, 0.3) is 0 Å². The van der Waals surface area contributed by atoms with E-state index in [4.69, 9.17) is 10.5 Å². The molecule has 3 rings (SSSR count). The largest absolute Gasteiger partial charge is 0.375 e. The normalized spacial score (nSPS) is 33.0. The van der Waals surface area contributed by atoms with Crippen molar-refractivity contribution in [2.24, 2.45) is 23.0 Å². The summed E-state index contributed by atoms with van der Waals surface area (Å²) in [6.45, 7) is 9.40. The van der Waals surface area contributed by atoms with Gasteiger partial charge in [-0.25, -0.2) is 0 Å². The molecular formula is C17H26N2O. The van der Waals surface area contributed by atoms with Crippen LogP contribution in [0.3, 0.4) is 0 Å². The second-order valence-corrected chi connectivity index (χ2v) is 6.82. The van der Waals surface area contributed by atoms with Crippen LogP contribution >= 0.6 is 0 Å². The summed E-state index contributed by atoms with van der Waals surface area (Å²) in [5.74, 6) is 1.26. The Labute approximate surface area is 122 Å². The Hall–Kier alpha value is -0.900. The predicted molar refractivity (Wildman–Crippen MR) is 81.3 cm³/mol. The van der Waals surface area contributed by atoms with Gasteiger partial charge in [0.05, 0.1) is 12.7 Å². The van der Waals surface area contributed by atoms with E-state index >= 15 is 0 Å². The Morgan fingerprint density at radius 1 is 1.30 bits per heavy atom. The van der Waals surface area contributed by atoms with Gasteiger partial charge in [0, 0.05) is 19.6 Å². The minimum absolute atomic E-state index is 0.356. The Bertz CT molecular complexity index is 446. The summed E-state index contributed by atoms with van der Waals surface area (Å²) in [5, 5.41) is 0. The lowest BCUT2D eigenvalue weighted by Gasteiger charge is -2.34. The molecule has 2 N–H and O–H groups in total.